The molecule has 116 valence electrons. The van der Waals surface area contributed by atoms with Gasteiger partial charge >= 0.3 is 0 Å². The molecule has 21 heavy (non-hydrogen) atoms. The third-order valence-electron chi connectivity index (χ3n) is 5.35. The van der Waals surface area contributed by atoms with Crippen LogP contribution in [-0.4, -0.2) is 25.9 Å². The lowest BCUT2D eigenvalue weighted by Gasteiger charge is -2.60. The summed E-state index contributed by atoms with van der Waals surface area (Å²) in [5, 5.41) is 3.84. The summed E-state index contributed by atoms with van der Waals surface area (Å²) >= 11 is 0. The molecule has 2 aliphatic rings. The summed E-state index contributed by atoms with van der Waals surface area (Å²) in [6.07, 6.45) is 2.92. The third kappa shape index (κ3) is 2.58. The van der Waals surface area contributed by atoms with Gasteiger partial charge < -0.3 is 14.8 Å². The van der Waals surface area contributed by atoms with Crippen molar-refractivity contribution in [3.05, 3.63) is 29.8 Å². The molecule has 2 fully saturated rings. The number of benzene rings is 1. The van der Waals surface area contributed by atoms with Crippen molar-refractivity contribution in [2.24, 2.45) is 11.3 Å². The number of hydrogen-bond acceptors (Lipinski definition) is 3. The first-order chi connectivity index (χ1) is 10.0. The average molecular weight is 289 g/mol. The maximum Gasteiger partial charge on any atom is 0.119 e. The largest absolute Gasteiger partial charge is 0.497 e. The lowest BCUT2D eigenvalue weighted by atomic mass is 9.55. The highest BCUT2D eigenvalue weighted by atomic mass is 16.5. The molecule has 0 spiro atoms. The first kappa shape index (κ1) is 14.9. The van der Waals surface area contributed by atoms with Crippen molar-refractivity contribution in [2.45, 2.75) is 51.8 Å². The molecule has 1 aromatic rings. The molecule has 0 amide bonds. The summed E-state index contributed by atoms with van der Waals surface area (Å²) in [6, 6.07) is 9.20. The van der Waals surface area contributed by atoms with Crippen LogP contribution in [0.15, 0.2) is 24.3 Å². The average Bonchev–Trinajstić information content (AvgIpc) is 2.52. The molecule has 3 heteroatoms. The monoisotopic (exact) mass is 289 g/mol. The fourth-order valence-electron chi connectivity index (χ4n) is 4.14. The summed E-state index contributed by atoms with van der Waals surface area (Å²) < 4.78 is 11.3. The molecule has 3 unspecified atom stereocenters. The van der Waals surface area contributed by atoms with Gasteiger partial charge in [-0.25, -0.2) is 0 Å². The molecule has 1 N–H and O–H groups in total. The summed E-state index contributed by atoms with van der Waals surface area (Å²) in [7, 11) is 1.72. The number of rotatable bonds is 4. The number of nitrogens with one attached hydrogen (secondary N) is 1. The highest BCUT2D eigenvalue weighted by molar-refractivity contribution is 5.30. The van der Waals surface area contributed by atoms with Crippen LogP contribution in [0.4, 0.5) is 0 Å². The van der Waals surface area contributed by atoms with Crippen molar-refractivity contribution in [3.8, 4) is 5.75 Å². The third-order valence-corrected chi connectivity index (χ3v) is 5.35. The zero-order chi connectivity index (χ0) is 15.0. The highest BCUT2D eigenvalue weighted by Gasteiger charge is 2.57. The molecule has 0 bridgehead atoms. The van der Waals surface area contributed by atoms with Crippen molar-refractivity contribution >= 4 is 0 Å². The van der Waals surface area contributed by atoms with Crippen LogP contribution in [0.5, 0.6) is 5.75 Å². The van der Waals surface area contributed by atoms with Gasteiger partial charge in [0.05, 0.1) is 13.2 Å². The molecule has 1 saturated carbocycles. The fraction of sp³-hybridized carbons (Fsp3) is 0.667. The van der Waals surface area contributed by atoms with Crippen LogP contribution in [0.2, 0.25) is 0 Å². The molecule has 4 atom stereocenters. The minimum Gasteiger partial charge on any atom is -0.497 e. The Balaban J connectivity index is 1.70. The van der Waals surface area contributed by atoms with E-state index in [4.69, 9.17) is 9.47 Å². The zero-order valence-corrected chi connectivity index (χ0v) is 13.6. The molecule has 1 aromatic carbocycles. The Labute approximate surface area is 128 Å². The lowest BCUT2D eigenvalue weighted by molar-refractivity contribution is -0.194. The second-order valence-corrected chi connectivity index (χ2v) is 7.06. The molecular weight excluding hydrogens is 262 g/mol. The number of hydrogen-bond donors (Lipinski definition) is 1. The van der Waals surface area contributed by atoms with E-state index in [1.54, 1.807) is 7.11 Å². The Morgan fingerprint density at radius 2 is 2.19 bits per heavy atom. The van der Waals surface area contributed by atoms with Crippen LogP contribution < -0.4 is 10.1 Å². The maximum atomic E-state index is 5.99. The summed E-state index contributed by atoms with van der Waals surface area (Å²) in [5.41, 5.74) is 1.50. The molecule has 3 nitrogen and oxygen atoms in total. The number of fused-ring (bicyclic) bond motifs is 1. The van der Waals surface area contributed by atoms with Gasteiger partial charge in [-0.15, -0.1) is 0 Å². The van der Waals surface area contributed by atoms with Gasteiger partial charge in [0.1, 0.15) is 5.75 Å². The summed E-state index contributed by atoms with van der Waals surface area (Å²) in [6.45, 7) is 7.83. The van der Waals surface area contributed by atoms with Gasteiger partial charge in [-0.05, 0) is 37.5 Å². The van der Waals surface area contributed by atoms with Crippen LogP contribution in [0.1, 0.15) is 45.2 Å². The SMILES string of the molecule is COc1cccc([C@@H](C)NC2C3CCCOC3C2(C)C)c1. The van der Waals surface area contributed by atoms with Crippen molar-refractivity contribution in [1.82, 2.24) is 5.32 Å². The Bertz CT molecular complexity index is 500. The van der Waals surface area contributed by atoms with Crippen LogP contribution in [0.3, 0.4) is 0 Å². The first-order valence-electron chi connectivity index (χ1n) is 8.05. The Hall–Kier alpha value is -1.06. The summed E-state index contributed by atoms with van der Waals surface area (Å²) in [4.78, 5) is 0. The molecular formula is C18H27NO2. The van der Waals surface area contributed by atoms with Gasteiger partial charge in [0, 0.05) is 30.0 Å². The van der Waals surface area contributed by atoms with E-state index in [0.717, 1.165) is 12.4 Å². The Kier molecular flexibility index (Phi) is 3.98. The highest BCUT2D eigenvalue weighted by Crippen LogP contribution is 2.51. The molecule has 1 aliphatic heterocycles. The Morgan fingerprint density at radius 1 is 1.38 bits per heavy atom. The maximum absolute atomic E-state index is 5.99. The minimum atomic E-state index is 0.220. The Morgan fingerprint density at radius 3 is 2.95 bits per heavy atom. The minimum absolute atomic E-state index is 0.220. The van der Waals surface area contributed by atoms with E-state index in [1.807, 2.05) is 6.07 Å². The van der Waals surface area contributed by atoms with Crippen LogP contribution in [0.25, 0.3) is 0 Å². The van der Waals surface area contributed by atoms with Crippen LogP contribution in [-0.2, 0) is 4.74 Å². The van der Waals surface area contributed by atoms with Crippen molar-refractivity contribution in [3.63, 3.8) is 0 Å². The molecule has 0 aromatic heterocycles. The van der Waals surface area contributed by atoms with E-state index in [0.29, 0.717) is 24.1 Å². The van der Waals surface area contributed by atoms with E-state index in [1.165, 1.54) is 18.4 Å². The predicted octanol–water partition coefficient (Wildman–Crippen LogP) is 3.55. The normalized spacial score (nSPS) is 31.9. The topological polar surface area (TPSA) is 30.5 Å². The fourth-order valence-corrected chi connectivity index (χ4v) is 4.14. The van der Waals surface area contributed by atoms with Crippen LogP contribution in [0, 0.1) is 11.3 Å². The number of ether oxygens (including phenoxy) is 2. The van der Waals surface area contributed by atoms with Gasteiger partial charge in [0.25, 0.3) is 0 Å². The summed E-state index contributed by atoms with van der Waals surface area (Å²) in [5.74, 6) is 1.59. The second-order valence-electron chi connectivity index (χ2n) is 7.06. The molecule has 0 radical (unpaired) electrons. The van der Waals surface area contributed by atoms with E-state index < -0.39 is 0 Å². The van der Waals surface area contributed by atoms with Gasteiger partial charge in [0.15, 0.2) is 0 Å². The van der Waals surface area contributed by atoms with Gasteiger partial charge in [-0.2, -0.15) is 0 Å². The van der Waals surface area contributed by atoms with E-state index in [9.17, 15) is 0 Å². The van der Waals surface area contributed by atoms with Crippen molar-refractivity contribution in [1.29, 1.82) is 0 Å². The van der Waals surface area contributed by atoms with E-state index >= 15 is 0 Å². The van der Waals surface area contributed by atoms with Crippen LogP contribution >= 0.6 is 0 Å². The second kappa shape index (κ2) is 5.62. The standard InChI is InChI=1S/C18H27NO2/c1-12(13-7-5-8-14(11-13)20-4)19-16-15-9-6-10-21-17(15)18(16,2)3/h5,7-8,11-12,15-17,19H,6,9-10H2,1-4H3/t12-,15?,16?,17?/m1/s1. The molecule has 1 saturated heterocycles. The van der Waals surface area contributed by atoms with Crippen molar-refractivity contribution in [2.75, 3.05) is 13.7 Å². The van der Waals surface area contributed by atoms with Gasteiger partial charge in [-0.3, -0.25) is 0 Å². The van der Waals surface area contributed by atoms with Crippen molar-refractivity contribution < 1.29 is 9.47 Å². The first-order valence-corrected chi connectivity index (χ1v) is 8.05. The quantitative estimate of drug-likeness (QED) is 0.919. The number of methoxy groups -OCH3 is 1. The van der Waals surface area contributed by atoms with E-state index in [2.05, 4.69) is 44.3 Å². The molecule has 3 rings (SSSR count). The predicted molar refractivity (Wildman–Crippen MR) is 84.6 cm³/mol. The smallest absolute Gasteiger partial charge is 0.119 e. The zero-order valence-electron chi connectivity index (χ0n) is 13.6. The molecule has 1 aliphatic carbocycles. The van der Waals surface area contributed by atoms with Gasteiger partial charge in [0.2, 0.25) is 0 Å². The lowest BCUT2D eigenvalue weighted by Crippen LogP contribution is -2.69. The molecule has 1 heterocycles. The van der Waals surface area contributed by atoms with Gasteiger partial charge in [-0.1, -0.05) is 26.0 Å². The van der Waals surface area contributed by atoms with E-state index in [-0.39, 0.29) is 5.41 Å².